The Morgan fingerprint density at radius 1 is 0.800 bits per heavy atom. The van der Waals surface area contributed by atoms with E-state index in [9.17, 15) is 0 Å². The molecule has 3 nitrogen and oxygen atoms in total. The molecule has 0 spiro atoms. The maximum Gasteiger partial charge on any atom is 0.137 e. The minimum absolute atomic E-state index is 0.0542. The van der Waals surface area contributed by atoms with Crippen LogP contribution < -0.4 is 5.32 Å². The molecule has 0 radical (unpaired) electrons. The summed E-state index contributed by atoms with van der Waals surface area (Å²) in [6.07, 6.45) is 21.7. The van der Waals surface area contributed by atoms with E-state index in [1.54, 1.807) is 0 Å². The lowest BCUT2D eigenvalue weighted by molar-refractivity contribution is 0.218. The van der Waals surface area contributed by atoms with Crippen LogP contribution in [0.25, 0.3) is 34.1 Å². The average molecular weight is 588 g/mol. The van der Waals surface area contributed by atoms with Crippen LogP contribution in [0.4, 0.5) is 0 Å². The number of likely N-dealkylation sites (N-methyl/N-ethyl adjacent to an activating group) is 1. The molecular formula is C42H41N3. The van der Waals surface area contributed by atoms with Gasteiger partial charge in [-0.1, -0.05) is 110 Å². The fourth-order valence-electron chi connectivity index (χ4n) is 7.82. The van der Waals surface area contributed by atoms with Gasteiger partial charge in [0.15, 0.2) is 0 Å². The Labute approximate surface area is 267 Å². The van der Waals surface area contributed by atoms with Crippen molar-refractivity contribution in [3.05, 3.63) is 142 Å². The third-order valence-corrected chi connectivity index (χ3v) is 10.2. The van der Waals surface area contributed by atoms with E-state index >= 15 is 0 Å². The normalized spacial score (nSPS) is 23.8. The summed E-state index contributed by atoms with van der Waals surface area (Å²) < 4.78 is 0. The highest BCUT2D eigenvalue weighted by molar-refractivity contribution is 6.02. The number of aliphatic imine (C=N–C) groups is 1. The van der Waals surface area contributed by atoms with Gasteiger partial charge in [0, 0.05) is 12.6 Å². The number of nitrogens with zero attached hydrogens (tertiary/aromatic N) is 2. The standard InChI is InChI=1S/C42H41N3/c1-28-21-23-36-37-24-22-31(27-39(37)35-20-11-10-19-34(35)38(36)25-28)30-15-12-16-32(26-30)41-44-42(2,33-17-8-5-9-18-33)43-40(45(41)3)29-13-6-4-7-14-29/h4-6,8-10,12-13,15-19,21-24,26-28,40,43H,7,11,14,20,25H2,1-3H3. The summed E-state index contributed by atoms with van der Waals surface area (Å²) in [4.78, 5) is 7.78. The first kappa shape index (κ1) is 28.0. The van der Waals surface area contributed by atoms with Crippen molar-refractivity contribution in [2.75, 3.05) is 7.05 Å². The maximum absolute atomic E-state index is 5.45. The summed E-state index contributed by atoms with van der Waals surface area (Å²) in [5.74, 6) is 1.60. The molecule has 0 amide bonds. The second-order valence-corrected chi connectivity index (χ2v) is 13.3. The minimum atomic E-state index is -0.550. The van der Waals surface area contributed by atoms with Gasteiger partial charge in [-0.05, 0) is 112 Å². The molecule has 3 heteroatoms. The zero-order valence-corrected chi connectivity index (χ0v) is 26.6. The quantitative estimate of drug-likeness (QED) is 0.258. The lowest BCUT2D eigenvalue weighted by Gasteiger charge is -2.45. The van der Waals surface area contributed by atoms with E-state index in [0.29, 0.717) is 5.92 Å². The maximum atomic E-state index is 5.45. The van der Waals surface area contributed by atoms with Gasteiger partial charge in [0.1, 0.15) is 17.7 Å². The van der Waals surface area contributed by atoms with Gasteiger partial charge >= 0.3 is 0 Å². The second-order valence-electron chi connectivity index (χ2n) is 13.3. The van der Waals surface area contributed by atoms with Gasteiger partial charge in [0.25, 0.3) is 0 Å². The van der Waals surface area contributed by atoms with Crippen LogP contribution in [0.15, 0.2) is 114 Å². The van der Waals surface area contributed by atoms with Crippen molar-refractivity contribution in [2.24, 2.45) is 10.9 Å². The molecule has 3 atom stereocenters. The lowest BCUT2D eigenvalue weighted by atomic mass is 9.79. The van der Waals surface area contributed by atoms with Crippen LogP contribution in [-0.2, 0) is 18.5 Å². The Kier molecular flexibility index (Phi) is 6.95. The molecule has 3 unspecified atom stereocenters. The summed E-state index contributed by atoms with van der Waals surface area (Å²) in [5, 5.41) is 6.71. The number of amidine groups is 1. The molecular weight excluding hydrogens is 546 g/mol. The van der Waals surface area contributed by atoms with Crippen LogP contribution >= 0.6 is 0 Å². The topological polar surface area (TPSA) is 27.6 Å². The number of allylic oxidation sites excluding steroid dienone is 5. The van der Waals surface area contributed by atoms with Crippen LogP contribution in [-0.4, -0.2) is 23.9 Å². The molecule has 8 rings (SSSR count). The fraction of sp³-hybridized carbons (Fsp3) is 0.262. The number of hydrogen-bond donors (Lipinski definition) is 1. The van der Waals surface area contributed by atoms with E-state index in [1.165, 1.54) is 55.3 Å². The highest BCUT2D eigenvalue weighted by Crippen LogP contribution is 2.41. The highest BCUT2D eigenvalue weighted by Gasteiger charge is 2.38. The van der Waals surface area contributed by atoms with Gasteiger partial charge in [0.05, 0.1) is 0 Å². The van der Waals surface area contributed by atoms with Gasteiger partial charge in [-0.15, -0.1) is 0 Å². The van der Waals surface area contributed by atoms with E-state index in [0.717, 1.165) is 43.5 Å². The molecule has 0 aromatic heterocycles. The predicted octanol–water partition coefficient (Wildman–Crippen LogP) is 9.43. The Hall–Kier alpha value is -4.47. The molecule has 4 aliphatic rings. The molecule has 1 N–H and O–H groups in total. The number of nitrogens with one attached hydrogen (secondary N) is 1. The van der Waals surface area contributed by atoms with Crippen molar-refractivity contribution in [2.45, 2.75) is 57.8 Å². The van der Waals surface area contributed by atoms with E-state index in [4.69, 9.17) is 4.99 Å². The number of benzene rings is 4. The van der Waals surface area contributed by atoms with Crippen LogP contribution in [0.1, 0.15) is 66.5 Å². The van der Waals surface area contributed by atoms with Crippen LogP contribution in [0.2, 0.25) is 0 Å². The second kappa shape index (κ2) is 11.2. The first-order valence-corrected chi connectivity index (χ1v) is 16.6. The summed E-state index contributed by atoms with van der Waals surface area (Å²) in [6, 6.07) is 26.8. The van der Waals surface area contributed by atoms with Crippen molar-refractivity contribution >= 4 is 28.8 Å². The lowest BCUT2D eigenvalue weighted by Crippen LogP contribution is -2.59. The van der Waals surface area contributed by atoms with Gasteiger partial charge in [-0.25, -0.2) is 4.99 Å². The molecule has 0 saturated heterocycles. The number of rotatable bonds is 4. The fourth-order valence-corrected chi connectivity index (χ4v) is 7.82. The molecule has 3 aliphatic carbocycles. The number of aryl methyl sites for hydroxylation is 1. The Morgan fingerprint density at radius 3 is 2.47 bits per heavy atom. The molecule has 4 aromatic rings. The van der Waals surface area contributed by atoms with Gasteiger partial charge in [0.2, 0.25) is 0 Å². The van der Waals surface area contributed by atoms with Gasteiger partial charge < -0.3 is 4.90 Å². The number of hydrogen-bond acceptors (Lipinski definition) is 3. The molecule has 0 bridgehead atoms. The Morgan fingerprint density at radius 2 is 1.62 bits per heavy atom. The van der Waals surface area contributed by atoms with Crippen molar-refractivity contribution in [3.8, 4) is 11.1 Å². The third-order valence-electron chi connectivity index (χ3n) is 10.2. The monoisotopic (exact) mass is 587 g/mol. The first-order valence-electron chi connectivity index (χ1n) is 16.6. The minimum Gasteiger partial charge on any atom is -0.340 e. The zero-order valence-electron chi connectivity index (χ0n) is 26.6. The third kappa shape index (κ3) is 4.91. The van der Waals surface area contributed by atoms with E-state index in [-0.39, 0.29) is 6.17 Å². The van der Waals surface area contributed by atoms with Gasteiger partial charge in [-0.2, -0.15) is 0 Å². The van der Waals surface area contributed by atoms with Crippen molar-refractivity contribution in [1.29, 1.82) is 0 Å². The average Bonchev–Trinajstić information content (AvgIpc) is 3.10. The molecule has 224 valence electrons. The summed E-state index contributed by atoms with van der Waals surface area (Å²) >= 11 is 0. The first-order chi connectivity index (χ1) is 22.0. The van der Waals surface area contributed by atoms with Crippen molar-refractivity contribution < 1.29 is 0 Å². The largest absolute Gasteiger partial charge is 0.340 e. The van der Waals surface area contributed by atoms with Crippen LogP contribution in [0.5, 0.6) is 0 Å². The van der Waals surface area contributed by atoms with Crippen LogP contribution in [0.3, 0.4) is 0 Å². The molecule has 4 aromatic carbocycles. The molecule has 1 aliphatic heterocycles. The van der Waals surface area contributed by atoms with Crippen molar-refractivity contribution in [1.82, 2.24) is 10.2 Å². The Bertz CT molecular complexity index is 1960. The van der Waals surface area contributed by atoms with Gasteiger partial charge in [-0.3, -0.25) is 5.32 Å². The highest BCUT2D eigenvalue weighted by atomic mass is 15.4. The Balaban J connectivity index is 1.24. The molecule has 0 fully saturated rings. The van der Waals surface area contributed by atoms with E-state index in [1.807, 2.05) is 0 Å². The van der Waals surface area contributed by atoms with Crippen molar-refractivity contribution in [3.63, 3.8) is 0 Å². The summed E-state index contributed by atoms with van der Waals surface area (Å²) in [7, 11) is 2.18. The van der Waals surface area contributed by atoms with E-state index in [2.05, 4.69) is 146 Å². The number of fused-ring (bicyclic) bond motifs is 6. The molecule has 1 heterocycles. The van der Waals surface area contributed by atoms with Crippen LogP contribution in [0, 0.1) is 5.92 Å². The van der Waals surface area contributed by atoms with E-state index < -0.39 is 5.66 Å². The summed E-state index contributed by atoms with van der Waals surface area (Å²) in [5.41, 5.74) is 11.6. The molecule has 45 heavy (non-hydrogen) atoms. The SMILES string of the molecule is CC1C=Cc2c(c3c(c4cc(-c5cccc(C6=NC(C)(c7ccccc7)NC(C7=CC=CCC7)N6C)c5)ccc24)CCC=C3)C1. The smallest absolute Gasteiger partial charge is 0.137 e. The zero-order chi connectivity index (χ0) is 30.5. The molecule has 0 saturated carbocycles. The summed E-state index contributed by atoms with van der Waals surface area (Å²) in [6.45, 7) is 4.54. The predicted molar refractivity (Wildman–Crippen MR) is 190 cm³/mol.